The van der Waals surface area contributed by atoms with E-state index in [-0.39, 0.29) is 16.7 Å². The molecule has 1 N–H and O–H groups in total. The highest BCUT2D eigenvalue weighted by atomic mass is 35.5. The van der Waals surface area contributed by atoms with E-state index in [1.165, 1.54) is 19.3 Å². The molecule has 0 unspecified atom stereocenters. The Kier molecular flexibility index (Phi) is 5.46. The highest BCUT2D eigenvalue weighted by Crippen LogP contribution is 2.38. The van der Waals surface area contributed by atoms with E-state index >= 15 is 0 Å². The van der Waals surface area contributed by atoms with E-state index in [0.29, 0.717) is 22.7 Å². The first-order valence-corrected chi connectivity index (χ1v) is 8.21. The second-order valence-electron chi connectivity index (χ2n) is 5.49. The van der Waals surface area contributed by atoms with Crippen molar-refractivity contribution in [3.05, 3.63) is 58.0 Å². The fourth-order valence-corrected chi connectivity index (χ4v) is 2.58. The first-order chi connectivity index (χ1) is 13.4. The van der Waals surface area contributed by atoms with E-state index in [4.69, 9.17) is 25.6 Å². The van der Waals surface area contributed by atoms with E-state index in [1.54, 1.807) is 31.4 Å². The molecular formula is C18H14ClN3O6. The number of phenols is 1. The minimum absolute atomic E-state index is 0.0298. The highest BCUT2D eigenvalue weighted by molar-refractivity contribution is 6.50. The van der Waals surface area contributed by atoms with Crippen LogP contribution in [0.5, 0.6) is 17.2 Å². The number of aromatic nitrogens is 2. The van der Waals surface area contributed by atoms with Crippen molar-refractivity contribution in [1.82, 2.24) is 10.1 Å². The predicted molar refractivity (Wildman–Crippen MR) is 101 cm³/mol. The van der Waals surface area contributed by atoms with Gasteiger partial charge in [-0.05, 0) is 42.0 Å². The zero-order valence-corrected chi connectivity index (χ0v) is 15.5. The maximum atomic E-state index is 11.1. The molecule has 0 aliphatic carbocycles. The third-order valence-corrected chi connectivity index (χ3v) is 4.04. The molecule has 28 heavy (non-hydrogen) atoms. The van der Waals surface area contributed by atoms with Gasteiger partial charge in [0, 0.05) is 11.6 Å². The molecule has 0 bridgehead atoms. The van der Waals surface area contributed by atoms with Gasteiger partial charge in [0.2, 0.25) is 11.6 Å². The molecule has 3 rings (SSSR count). The van der Waals surface area contributed by atoms with Crippen molar-refractivity contribution in [2.45, 2.75) is 0 Å². The lowest BCUT2D eigenvalue weighted by molar-refractivity contribution is -0.386. The highest BCUT2D eigenvalue weighted by Gasteiger charge is 2.20. The van der Waals surface area contributed by atoms with Crippen LogP contribution in [0.4, 0.5) is 5.69 Å². The molecule has 144 valence electrons. The zero-order valence-electron chi connectivity index (χ0n) is 14.7. The quantitative estimate of drug-likeness (QED) is 0.482. The van der Waals surface area contributed by atoms with Crippen LogP contribution in [0.2, 0.25) is 0 Å². The molecule has 0 saturated carbocycles. The molecule has 0 saturated heterocycles. The maximum Gasteiger partial charge on any atom is 0.315 e. The number of halogens is 1. The Bertz CT molecular complexity index is 1050. The summed E-state index contributed by atoms with van der Waals surface area (Å²) in [6.07, 6.45) is 1.39. The number of hydrogen-bond donors (Lipinski definition) is 1. The van der Waals surface area contributed by atoms with Crippen LogP contribution in [0.25, 0.3) is 22.5 Å². The third-order valence-electron chi connectivity index (χ3n) is 3.77. The van der Waals surface area contributed by atoms with Gasteiger partial charge in [0.15, 0.2) is 5.75 Å². The van der Waals surface area contributed by atoms with Gasteiger partial charge in [0.25, 0.3) is 5.89 Å². The van der Waals surface area contributed by atoms with Crippen LogP contribution in [-0.2, 0) is 0 Å². The smallest absolute Gasteiger partial charge is 0.315 e. The molecule has 0 amide bonds. The van der Waals surface area contributed by atoms with E-state index in [9.17, 15) is 15.2 Å². The third kappa shape index (κ3) is 3.89. The number of benzene rings is 2. The van der Waals surface area contributed by atoms with Crippen LogP contribution in [0, 0.1) is 10.1 Å². The van der Waals surface area contributed by atoms with Gasteiger partial charge < -0.3 is 19.1 Å². The topological polar surface area (TPSA) is 121 Å². The van der Waals surface area contributed by atoms with Gasteiger partial charge in [0.05, 0.1) is 19.1 Å². The van der Waals surface area contributed by atoms with Gasteiger partial charge in [0.1, 0.15) is 10.8 Å². The Labute approximate surface area is 163 Å². The molecule has 0 atom stereocenters. The standard InChI is InChI=1S/C18H14ClN3O6/c1-26-12-5-3-11(4-6-12)17-20-18(28-21-17)13(19)7-10-8-14(22(24)25)16(23)15(9-10)27-2/h3-9,23H,1-2H3/b13-7-. The van der Waals surface area contributed by atoms with Crippen LogP contribution < -0.4 is 9.47 Å². The van der Waals surface area contributed by atoms with Crippen LogP contribution in [0.3, 0.4) is 0 Å². The summed E-state index contributed by atoms with van der Waals surface area (Å²) >= 11 is 6.23. The number of ether oxygens (including phenoxy) is 2. The van der Waals surface area contributed by atoms with Crippen LogP contribution >= 0.6 is 11.6 Å². The lowest BCUT2D eigenvalue weighted by atomic mass is 10.1. The average Bonchev–Trinajstić information content (AvgIpc) is 3.19. The van der Waals surface area contributed by atoms with Crippen molar-refractivity contribution in [2.24, 2.45) is 0 Å². The molecule has 0 fully saturated rings. The molecule has 2 aromatic carbocycles. The maximum absolute atomic E-state index is 11.1. The fourth-order valence-electron chi connectivity index (χ4n) is 2.38. The Morgan fingerprint density at radius 2 is 1.96 bits per heavy atom. The lowest BCUT2D eigenvalue weighted by Gasteiger charge is -2.05. The van der Waals surface area contributed by atoms with Crippen LogP contribution in [0.1, 0.15) is 11.5 Å². The molecular weight excluding hydrogens is 390 g/mol. The predicted octanol–water partition coefficient (Wildman–Crippen LogP) is 4.10. The molecule has 10 heteroatoms. The number of rotatable bonds is 6. The summed E-state index contributed by atoms with van der Waals surface area (Å²) in [5.74, 6) is 0.406. The van der Waals surface area contributed by atoms with E-state index in [2.05, 4.69) is 10.1 Å². The van der Waals surface area contributed by atoms with Crippen molar-refractivity contribution in [3.8, 4) is 28.6 Å². The largest absolute Gasteiger partial charge is 0.500 e. The Balaban J connectivity index is 1.93. The molecule has 0 radical (unpaired) electrons. The summed E-state index contributed by atoms with van der Waals surface area (Å²) in [6.45, 7) is 0. The van der Waals surface area contributed by atoms with E-state index in [0.717, 1.165) is 6.07 Å². The Morgan fingerprint density at radius 3 is 2.57 bits per heavy atom. The van der Waals surface area contributed by atoms with Gasteiger partial charge in [-0.25, -0.2) is 0 Å². The van der Waals surface area contributed by atoms with Crippen molar-refractivity contribution in [1.29, 1.82) is 0 Å². The molecule has 1 aromatic heterocycles. The molecule has 0 spiro atoms. The molecule has 3 aromatic rings. The minimum Gasteiger partial charge on any atom is -0.500 e. The van der Waals surface area contributed by atoms with Crippen molar-refractivity contribution < 1.29 is 24.0 Å². The minimum atomic E-state index is -0.725. The first kappa shape index (κ1) is 19.2. The van der Waals surface area contributed by atoms with Crippen molar-refractivity contribution in [2.75, 3.05) is 14.2 Å². The summed E-state index contributed by atoms with van der Waals surface area (Å²) in [5.41, 5.74) is 0.497. The number of methoxy groups -OCH3 is 2. The van der Waals surface area contributed by atoms with Gasteiger partial charge in [-0.2, -0.15) is 4.98 Å². The molecule has 0 aliphatic heterocycles. The van der Waals surface area contributed by atoms with E-state index < -0.39 is 16.4 Å². The number of nitrogens with zero attached hydrogens (tertiary/aromatic N) is 3. The lowest BCUT2D eigenvalue weighted by Crippen LogP contribution is -1.93. The summed E-state index contributed by atoms with van der Waals surface area (Å²) in [7, 11) is 2.85. The number of hydrogen-bond acceptors (Lipinski definition) is 8. The second kappa shape index (κ2) is 7.97. The Hall–Kier alpha value is -3.59. The van der Waals surface area contributed by atoms with Gasteiger partial charge in [-0.15, -0.1) is 0 Å². The second-order valence-corrected chi connectivity index (χ2v) is 5.90. The normalized spacial score (nSPS) is 11.3. The summed E-state index contributed by atoms with van der Waals surface area (Å²) in [6, 6.07) is 9.58. The summed E-state index contributed by atoms with van der Waals surface area (Å²) in [4.78, 5) is 14.6. The van der Waals surface area contributed by atoms with E-state index in [1.807, 2.05) is 0 Å². The fraction of sp³-hybridized carbons (Fsp3) is 0.111. The molecule has 1 heterocycles. The SMILES string of the molecule is COc1ccc(-c2noc(/C(Cl)=C/c3cc(OC)c(O)c([N+](=O)[O-])c3)n2)cc1. The first-order valence-electron chi connectivity index (χ1n) is 7.84. The van der Waals surface area contributed by atoms with Crippen molar-refractivity contribution >= 4 is 28.4 Å². The summed E-state index contributed by atoms with van der Waals surface area (Å²) < 4.78 is 15.2. The number of aromatic hydroxyl groups is 1. The molecule has 9 nitrogen and oxygen atoms in total. The van der Waals surface area contributed by atoms with Crippen LogP contribution in [-0.4, -0.2) is 34.4 Å². The summed E-state index contributed by atoms with van der Waals surface area (Å²) in [5, 5.41) is 24.9. The Morgan fingerprint density at radius 1 is 1.25 bits per heavy atom. The molecule has 0 aliphatic rings. The number of nitro groups is 1. The number of phenolic OH excluding ortho intramolecular Hbond substituents is 1. The van der Waals surface area contributed by atoms with Gasteiger partial charge in [-0.3, -0.25) is 10.1 Å². The van der Waals surface area contributed by atoms with Crippen LogP contribution in [0.15, 0.2) is 40.9 Å². The monoisotopic (exact) mass is 403 g/mol. The van der Waals surface area contributed by atoms with Crippen molar-refractivity contribution in [3.63, 3.8) is 0 Å². The zero-order chi connectivity index (χ0) is 20.3. The number of nitro benzene ring substituents is 1. The average molecular weight is 404 g/mol. The van der Waals surface area contributed by atoms with Gasteiger partial charge >= 0.3 is 5.69 Å². The van der Waals surface area contributed by atoms with Gasteiger partial charge in [-0.1, -0.05) is 16.8 Å².